The molecule has 18 heavy (non-hydrogen) atoms. The molecule has 1 amide bonds. The summed E-state index contributed by atoms with van der Waals surface area (Å²) in [6.45, 7) is 2.27. The average Bonchev–Trinajstić information content (AvgIpc) is 2.32. The minimum Gasteiger partial charge on any atom is -0.398 e. The molecule has 0 aliphatic heterocycles. The van der Waals surface area contributed by atoms with Gasteiger partial charge in [-0.05, 0) is 43.7 Å². The number of carbonyl (C=O) groups excluding carboxylic acids is 1. The fourth-order valence-corrected chi connectivity index (χ4v) is 2.37. The maximum atomic E-state index is 12.0. The average molecular weight is 269 g/mol. The number of nitrogen functional groups attached to an aromatic ring is 1. The molecule has 0 bridgehead atoms. The van der Waals surface area contributed by atoms with E-state index in [0.717, 1.165) is 18.8 Å². The highest BCUT2D eigenvalue weighted by Crippen LogP contribution is 2.23. The van der Waals surface area contributed by atoms with E-state index in [4.69, 9.17) is 5.73 Å². The summed E-state index contributed by atoms with van der Waals surface area (Å²) >= 11 is 0. The summed E-state index contributed by atoms with van der Waals surface area (Å²) in [5.41, 5.74) is 6.93. The van der Waals surface area contributed by atoms with Gasteiger partial charge < -0.3 is 11.1 Å². The van der Waals surface area contributed by atoms with Crippen LogP contribution in [0.15, 0.2) is 24.3 Å². The fraction of sp³-hybridized carbons (Fsp3) is 0.500. The highest BCUT2D eigenvalue weighted by molar-refractivity contribution is 5.99. The first-order chi connectivity index (χ1) is 8.16. The lowest BCUT2D eigenvalue weighted by atomic mass is 9.87. The summed E-state index contributed by atoms with van der Waals surface area (Å²) in [6.07, 6.45) is 4.57. The van der Waals surface area contributed by atoms with Crippen molar-refractivity contribution in [2.45, 2.75) is 38.6 Å². The number of hydrogen-bond acceptors (Lipinski definition) is 2. The van der Waals surface area contributed by atoms with E-state index >= 15 is 0 Å². The summed E-state index contributed by atoms with van der Waals surface area (Å²) in [6, 6.07) is 7.54. The molecule has 0 spiro atoms. The van der Waals surface area contributed by atoms with Crippen molar-refractivity contribution in [2.75, 3.05) is 5.73 Å². The van der Waals surface area contributed by atoms with Gasteiger partial charge in [0.1, 0.15) is 0 Å². The van der Waals surface area contributed by atoms with Gasteiger partial charge in [-0.1, -0.05) is 19.1 Å². The van der Waals surface area contributed by atoms with Gasteiger partial charge in [-0.25, -0.2) is 0 Å². The van der Waals surface area contributed by atoms with Crippen LogP contribution in [-0.4, -0.2) is 11.9 Å². The Kier molecular flexibility index (Phi) is 5.48. The van der Waals surface area contributed by atoms with Crippen molar-refractivity contribution >= 4 is 24.0 Å². The van der Waals surface area contributed by atoms with Gasteiger partial charge >= 0.3 is 0 Å². The molecule has 4 heteroatoms. The Morgan fingerprint density at radius 1 is 1.22 bits per heavy atom. The number of hydrogen-bond donors (Lipinski definition) is 2. The molecule has 1 fully saturated rings. The van der Waals surface area contributed by atoms with Gasteiger partial charge in [0.25, 0.3) is 5.91 Å². The summed E-state index contributed by atoms with van der Waals surface area (Å²) in [7, 11) is 0. The van der Waals surface area contributed by atoms with E-state index < -0.39 is 0 Å². The number of amides is 1. The number of anilines is 1. The SMILES string of the molecule is CC1CCC(NC(=O)c2ccccc2N)CC1.Cl. The van der Waals surface area contributed by atoms with Gasteiger partial charge in [-0.3, -0.25) is 4.79 Å². The number of rotatable bonds is 2. The summed E-state index contributed by atoms with van der Waals surface area (Å²) in [4.78, 5) is 12.0. The normalized spacial score (nSPS) is 22.9. The van der Waals surface area contributed by atoms with Gasteiger partial charge in [-0.15, -0.1) is 12.4 Å². The molecule has 0 radical (unpaired) electrons. The largest absolute Gasteiger partial charge is 0.398 e. The second-order valence-corrected chi connectivity index (χ2v) is 5.02. The quantitative estimate of drug-likeness (QED) is 0.810. The molecule has 1 aliphatic rings. The number of para-hydroxylation sites is 1. The first-order valence-corrected chi connectivity index (χ1v) is 6.32. The Hall–Kier alpha value is -1.22. The number of nitrogens with one attached hydrogen (secondary N) is 1. The standard InChI is InChI=1S/C14H20N2O.ClH/c1-10-6-8-11(9-7-10)16-14(17)12-4-2-3-5-13(12)15;/h2-5,10-11H,6-9,15H2,1H3,(H,16,17);1H. The molecule has 1 aliphatic carbocycles. The van der Waals surface area contributed by atoms with Crippen LogP contribution in [0.1, 0.15) is 43.0 Å². The van der Waals surface area contributed by atoms with E-state index in [-0.39, 0.29) is 18.3 Å². The Morgan fingerprint density at radius 3 is 2.44 bits per heavy atom. The van der Waals surface area contributed by atoms with Crippen LogP contribution in [-0.2, 0) is 0 Å². The van der Waals surface area contributed by atoms with Gasteiger partial charge in [0, 0.05) is 11.7 Å². The number of nitrogens with two attached hydrogens (primary N) is 1. The van der Waals surface area contributed by atoms with E-state index in [9.17, 15) is 4.79 Å². The van der Waals surface area contributed by atoms with Crippen molar-refractivity contribution in [1.82, 2.24) is 5.32 Å². The van der Waals surface area contributed by atoms with Gasteiger partial charge in [-0.2, -0.15) is 0 Å². The van der Waals surface area contributed by atoms with E-state index in [1.54, 1.807) is 12.1 Å². The zero-order valence-electron chi connectivity index (χ0n) is 10.7. The maximum absolute atomic E-state index is 12.0. The van der Waals surface area contributed by atoms with Crippen molar-refractivity contribution in [1.29, 1.82) is 0 Å². The van der Waals surface area contributed by atoms with Crippen LogP contribution >= 0.6 is 12.4 Å². The minimum absolute atomic E-state index is 0. The molecule has 3 nitrogen and oxygen atoms in total. The highest BCUT2D eigenvalue weighted by atomic mass is 35.5. The predicted molar refractivity (Wildman–Crippen MR) is 77.0 cm³/mol. The predicted octanol–water partition coefficient (Wildman–Crippen LogP) is 3.00. The minimum atomic E-state index is -0.0392. The number of carbonyl (C=O) groups is 1. The molecule has 100 valence electrons. The van der Waals surface area contributed by atoms with E-state index in [1.165, 1.54) is 12.8 Å². The van der Waals surface area contributed by atoms with Crippen molar-refractivity contribution in [3.05, 3.63) is 29.8 Å². The van der Waals surface area contributed by atoms with Crippen molar-refractivity contribution in [3.63, 3.8) is 0 Å². The van der Waals surface area contributed by atoms with Crippen LogP contribution in [0.5, 0.6) is 0 Å². The first kappa shape index (κ1) is 14.8. The van der Waals surface area contributed by atoms with Crippen LogP contribution in [0.2, 0.25) is 0 Å². The molecular formula is C14H21ClN2O. The zero-order valence-corrected chi connectivity index (χ0v) is 11.5. The van der Waals surface area contributed by atoms with E-state index in [1.807, 2.05) is 12.1 Å². The molecule has 3 N–H and O–H groups in total. The molecule has 0 aromatic heterocycles. The third-order valence-electron chi connectivity index (χ3n) is 3.56. The highest BCUT2D eigenvalue weighted by Gasteiger charge is 2.20. The smallest absolute Gasteiger partial charge is 0.253 e. The number of halogens is 1. The molecule has 0 heterocycles. The lowest BCUT2D eigenvalue weighted by Gasteiger charge is -2.27. The lowest BCUT2D eigenvalue weighted by molar-refractivity contribution is 0.0924. The van der Waals surface area contributed by atoms with Crippen LogP contribution < -0.4 is 11.1 Å². The third kappa shape index (κ3) is 3.64. The fourth-order valence-electron chi connectivity index (χ4n) is 2.37. The molecule has 0 saturated heterocycles. The molecule has 0 atom stereocenters. The Morgan fingerprint density at radius 2 is 1.83 bits per heavy atom. The Balaban J connectivity index is 0.00000162. The van der Waals surface area contributed by atoms with Crippen molar-refractivity contribution in [2.24, 2.45) is 5.92 Å². The monoisotopic (exact) mass is 268 g/mol. The van der Waals surface area contributed by atoms with Gasteiger partial charge in [0.15, 0.2) is 0 Å². The first-order valence-electron chi connectivity index (χ1n) is 6.32. The van der Waals surface area contributed by atoms with Gasteiger partial charge in [0.05, 0.1) is 5.56 Å². The lowest BCUT2D eigenvalue weighted by Crippen LogP contribution is -2.37. The zero-order chi connectivity index (χ0) is 12.3. The Bertz CT molecular complexity index is 401. The van der Waals surface area contributed by atoms with Crippen LogP contribution in [0, 0.1) is 5.92 Å². The summed E-state index contributed by atoms with van der Waals surface area (Å²) < 4.78 is 0. The van der Waals surface area contributed by atoms with E-state index in [0.29, 0.717) is 17.3 Å². The van der Waals surface area contributed by atoms with Gasteiger partial charge in [0.2, 0.25) is 0 Å². The van der Waals surface area contributed by atoms with Crippen molar-refractivity contribution < 1.29 is 4.79 Å². The summed E-state index contributed by atoms with van der Waals surface area (Å²) in [5.74, 6) is 0.757. The third-order valence-corrected chi connectivity index (χ3v) is 3.56. The van der Waals surface area contributed by atoms with Crippen LogP contribution in [0.4, 0.5) is 5.69 Å². The Labute approximate surface area is 115 Å². The molecule has 1 aromatic carbocycles. The summed E-state index contributed by atoms with van der Waals surface area (Å²) in [5, 5.41) is 3.08. The maximum Gasteiger partial charge on any atom is 0.253 e. The van der Waals surface area contributed by atoms with Crippen molar-refractivity contribution in [3.8, 4) is 0 Å². The molecular weight excluding hydrogens is 248 g/mol. The van der Waals surface area contributed by atoms with Crippen LogP contribution in [0.25, 0.3) is 0 Å². The second-order valence-electron chi connectivity index (χ2n) is 5.02. The second kappa shape index (κ2) is 6.64. The number of benzene rings is 1. The molecule has 0 unspecified atom stereocenters. The van der Waals surface area contributed by atoms with Crippen LogP contribution in [0.3, 0.4) is 0 Å². The molecule has 1 aromatic rings. The topological polar surface area (TPSA) is 55.1 Å². The van der Waals surface area contributed by atoms with E-state index in [2.05, 4.69) is 12.2 Å². The molecule has 2 rings (SSSR count). The molecule has 1 saturated carbocycles.